The summed E-state index contributed by atoms with van der Waals surface area (Å²) in [6.45, 7) is 8.14. The van der Waals surface area contributed by atoms with Crippen LogP contribution in [0.1, 0.15) is 6.42 Å². The second-order valence-electron chi connectivity index (χ2n) is 2.78. The SMILES string of the molecule is C=CC(=O)OCCC[SiH](C)O[SiH2]C. The Morgan fingerprint density at radius 1 is 1.69 bits per heavy atom. The third-order valence-electron chi connectivity index (χ3n) is 1.62. The van der Waals surface area contributed by atoms with Gasteiger partial charge in [-0.05, 0) is 19.0 Å². The van der Waals surface area contributed by atoms with Crippen molar-refractivity contribution in [3.8, 4) is 0 Å². The van der Waals surface area contributed by atoms with Crippen LogP contribution < -0.4 is 0 Å². The lowest BCUT2D eigenvalue weighted by molar-refractivity contribution is -0.137. The van der Waals surface area contributed by atoms with E-state index in [0.29, 0.717) is 6.61 Å². The molecule has 0 saturated carbocycles. The predicted molar refractivity (Wildman–Crippen MR) is 59.1 cm³/mol. The van der Waals surface area contributed by atoms with Crippen molar-refractivity contribution in [3.63, 3.8) is 0 Å². The Balaban J connectivity index is 3.24. The van der Waals surface area contributed by atoms with Gasteiger partial charge in [-0.15, -0.1) is 0 Å². The van der Waals surface area contributed by atoms with Crippen molar-refractivity contribution in [3.05, 3.63) is 12.7 Å². The van der Waals surface area contributed by atoms with Gasteiger partial charge < -0.3 is 8.85 Å². The molecule has 0 fully saturated rings. The van der Waals surface area contributed by atoms with E-state index in [9.17, 15) is 4.79 Å². The van der Waals surface area contributed by atoms with Crippen LogP contribution in [0.3, 0.4) is 0 Å². The smallest absolute Gasteiger partial charge is 0.330 e. The molecule has 0 aliphatic rings. The van der Waals surface area contributed by atoms with Gasteiger partial charge in [0.15, 0.2) is 9.04 Å². The number of hydrogen-bond donors (Lipinski definition) is 0. The first-order valence-corrected chi connectivity index (χ1v) is 9.05. The van der Waals surface area contributed by atoms with E-state index in [2.05, 4.69) is 19.7 Å². The van der Waals surface area contributed by atoms with E-state index in [0.717, 1.165) is 12.5 Å². The van der Waals surface area contributed by atoms with Crippen molar-refractivity contribution in [2.24, 2.45) is 0 Å². The first kappa shape index (κ1) is 12.6. The van der Waals surface area contributed by atoms with Crippen LogP contribution >= 0.6 is 0 Å². The summed E-state index contributed by atoms with van der Waals surface area (Å²) in [5, 5.41) is 0. The molecule has 13 heavy (non-hydrogen) atoms. The van der Waals surface area contributed by atoms with Crippen LogP contribution in [0, 0.1) is 0 Å². The highest BCUT2D eigenvalue weighted by atomic mass is 28.3. The Morgan fingerprint density at radius 2 is 2.38 bits per heavy atom. The Kier molecular flexibility index (Phi) is 7.96. The van der Waals surface area contributed by atoms with E-state index >= 15 is 0 Å². The Bertz CT molecular complexity index is 161. The molecule has 76 valence electrons. The Morgan fingerprint density at radius 3 is 2.92 bits per heavy atom. The van der Waals surface area contributed by atoms with Gasteiger partial charge in [-0.2, -0.15) is 0 Å². The first-order chi connectivity index (χ1) is 6.20. The lowest BCUT2D eigenvalue weighted by Crippen LogP contribution is -2.15. The lowest BCUT2D eigenvalue weighted by Gasteiger charge is -2.09. The minimum Gasteiger partial charge on any atom is -0.463 e. The van der Waals surface area contributed by atoms with Gasteiger partial charge in [0.25, 0.3) is 0 Å². The molecule has 3 nitrogen and oxygen atoms in total. The zero-order valence-electron chi connectivity index (χ0n) is 8.41. The van der Waals surface area contributed by atoms with Crippen LogP contribution in [0.4, 0.5) is 0 Å². The lowest BCUT2D eigenvalue weighted by atomic mass is 10.5. The molecule has 0 heterocycles. The van der Waals surface area contributed by atoms with Crippen molar-refractivity contribution in [2.75, 3.05) is 6.61 Å². The summed E-state index contributed by atoms with van der Waals surface area (Å²) in [5.74, 6) is -0.333. The van der Waals surface area contributed by atoms with Crippen molar-refractivity contribution in [1.29, 1.82) is 0 Å². The van der Waals surface area contributed by atoms with Crippen molar-refractivity contribution < 1.29 is 13.6 Å². The fraction of sp³-hybridized carbons (Fsp3) is 0.625. The van der Waals surface area contributed by atoms with Crippen molar-refractivity contribution >= 4 is 24.8 Å². The molecular weight excluding hydrogens is 200 g/mol. The molecule has 0 spiro atoms. The van der Waals surface area contributed by atoms with Crippen LogP contribution in [-0.2, 0) is 13.6 Å². The van der Waals surface area contributed by atoms with Gasteiger partial charge in [-0.1, -0.05) is 13.1 Å². The molecule has 0 bridgehead atoms. The fourth-order valence-electron chi connectivity index (χ4n) is 0.970. The first-order valence-electron chi connectivity index (χ1n) is 4.61. The average molecular weight is 218 g/mol. The van der Waals surface area contributed by atoms with Crippen LogP contribution in [0.15, 0.2) is 12.7 Å². The number of hydrogen-bond acceptors (Lipinski definition) is 3. The van der Waals surface area contributed by atoms with E-state index in [1.165, 1.54) is 6.08 Å². The molecule has 0 radical (unpaired) electrons. The number of esters is 1. The minimum atomic E-state index is -0.929. The van der Waals surface area contributed by atoms with Gasteiger partial charge in [0.1, 0.15) is 9.76 Å². The summed E-state index contributed by atoms with van der Waals surface area (Å²) in [6, 6.07) is 1.09. The standard InChI is InChI=1S/C8H18O3Si2/c1-4-8(9)10-6-5-7-13(3)11-12-2/h4,13H,1,5-7,12H2,2-3H3. The molecule has 0 aromatic carbocycles. The highest BCUT2D eigenvalue weighted by Crippen LogP contribution is 1.99. The maximum Gasteiger partial charge on any atom is 0.330 e. The van der Waals surface area contributed by atoms with E-state index in [-0.39, 0.29) is 15.7 Å². The number of carbonyl (C=O) groups is 1. The van der Waals surface area contributed by atoms with Gasteiger partial charge in [0.05, 0.1) is 6.61 Å². The third kappa shape index (κ3) is 7.95. The molecule has 0 aromatic rings. The molecule has 0 aromatic heterocycles. The van der Waals surface area contributed by atoms with Crippen LogP contribution in [-0.4, -0.2) is 31.4 Å². The molecule has 1 atom stereocenters. The monoisotopic (exact) mass is 218 g/mol. The molecule has 0 aliphatic carbocycles. The van der Waals surface area contributed by atoms with Crippen LogP contribution in [0.5, 0.6) is 0 Å². The molecule has 0 N–H and O–H groups in total. The maximum atomic E-state index is 10.6. The van der Waals surface area contributed by atoms with E-state index < -0.39 is 9.04 Å². The summed E-state index contributed by atoms with van der Waals surface area (Å²) >= 11 is 0. The van der Waals surface area contributed by atoms with Crippen molar-refractivity contribution in [1.82, 2.24) is 0 Å². The van der Waals surface area contributed by atoms with E-state index in [1.54, 1.807) is 0 Å². The van der Waals surface area contributed by atoms with Crippen LogP contribution in [0.25, 0.3) is 0 Å². The largest absolute Gasteiger partial charge is 0.463 e. The van der Waals surface area contributed by atoms with Gasteiger partial charge >= 0.3 is 5.97 Å². The molecule has 0 saturated heterocycles. The number of carbonyl (C=O) groups excluding carboxylic acids is 1. The number of ether oxygens (including phenoxy) is 1. The predicted octanol–water partition coefficient (Wildman–Crippen LogP) is 0.608. The number of rotatable bonds is 7. The maximum absolute atomic E-state index is 10.6. The van der Waals surface area contributed by atoms with Gasteiger partial charge in [-0.3, -0.25) is 0 Å². The summed E-state index contributed by atoms with van der Waals surface area (Å²) in [6.07, 6.45) is 2.11. The molecule has 1 unspecified atom stereocenters. The summed E-state index contributed by atoms with van der Waals surface area (Å²) in [7, 11) is -1.18. The Hall–Kier alpha value is -0.396. The fourth-order valence-corrected chi connectivity index (χ4v) is 4.65. The Labute approximate surface area is 83.8 Å². The van der Waals surface area contributed by atoms with Gasteiger partial charge in [0.2, 0.25) is 0 Å². The second kappa shape index (κ2) is 8.21. The zero-order chi connectivity index (χ0) is 10.1. The zero-order valence-corrected chi connectivity index (χ0v) is 11.0. The topological polar surface area (TPSA) is 35.5 Å². The highest BCUT2D eigenvalue weighted by molar-refractivity contribution is 6.56. The van der Waals surface area contributed by atoms with Gasteiger partial charge in [-0.25, -0.2) is 4.79 Å². The highest BCUT2D eigenvalue weighted by Gasteiger charge is 2.03. The molecular formula is C8H18O3Si2. The minimum absolute atomic E-state index is 0.250. The normalized spacial score (nSPS) is 13.1. The molecule has 0 rings (SSSR count). The van der Waals surface area contributed by atoms with Crippen molar-refractivity contribution in [2.45, 2.75) is 25.6 Å². The summed E-state index contributed by atoms with van der Waals surface area (Å²) < 4.78 is 10.4. The molecule has 0 aliphatic heterocycles. The van der Waals surface area contributed by atoms with E-state index in [4.69, 9.17) is 8.85 Å². The summed E-state index contributed by atoms with van der Waals surface area (Å²) in [5.41, 5.74) is 0. The molecule has 0 amide bonds. The average Bonchev–Trinajstić information content (AvgIpc) is 2.12. The molecule has 5 heteroatoms. The van der Waals surface area contributed by atoms with E-state index in [1.807, 2.05) is 0 Å². The second-order valence-corrected chi connectivity index (χ2v) is 6.89. The van der Waals surface area contributed by atoms with Gasteiger partial charge in [0, 0.05) is 6.08 Å². The van der Waals surface area contributed by atoms with Crippen LogP contribution in [0.2, 0.25) is 19.1 Å². The summed E-state index contributed by atoms with van der Waals surface area (Å²) in [4.78, 5) is 10.6. The quantitative estimate of drug-likeness (QED) is 0.272. The third-order valence-corrected chi connectivity index (χ3v) is 6.45.